The van der Waals surface area contributed by atoms with Gasteiger partial charge in [0, 0.05) is 37.9 Å². The minimum absolute atomic E-state index is 0.0875. The second-order valence-corrected chi connectivity index (χ2v) is 6.35. The summed E-state index contributed by atoms with van der Waals surface area (Å²) in [4.78, 5) is 24.2. The molecule has 0 radical (unpaired) electrons. The van der Waals surface area contributed by atoms with Crippen molar-refractivity contribution >= 4 is 11.7 Å². The molecule has 9 heteroatoms. The largest absolute Gasteiger partial charge is 0.497 e. The van der Waals surface area contributed by atoms with Gasteiger partial charge < -0.3 is 14.5 Å². The number of piperazine rings is 1. The highest BCUT2D eigenvalue weighted by Crippen LogP contribution is 2.28. The maximum Gasteiger partial charge on any atom is 0.257 e. The van der Waals surface area contributed by atoms with Gasteiger partial charge in [0.2, 0.25) is 0 Å². The minimum atomic E-state index is -0.470. The van der Waals surface area contributed by atoms with Crippen molar-refractivity contribution in [2.24, 2.45) is 0 Å². The Hall–Kier alpha value is -3.49. The van der Waals surface area contributed by atoms with Crippen molar-refractivity contribution in [3.05, 3.63) is 54.4 Å². The number of methoxy groups -OCH3 is 1. The summed E-state index contributed by atoms with van der Waals surface area (Å²) in [7, 11) is 1.58. The van der Waals surface area contributed by atoms with Gasteiger partial charge in [-0.05, 0) is 24.3 Å². The third kappa shape index (κ3) is 3.38. The predicted octanol–water partition coefficient (Wildman–Crippen LogP) is 1.98. The molecule has 0 saturated carbocycles. The SMILES string of the molecule is COc1ccc(-c2ncnc(N3CCN(C(=O)c4cn[nH]c4)CC3)c2F)cc1. The number of amides is 1. The van der Waals surface area contributed by atoms with Crippen LogP contribution in [0.25, 0.3) is 11.3 Å². The summed E-state index contributed by atoms with van der Waals surface area (Å²) in [6, 6.07) is 7.04. The minimum Gasteiger partial charge on any atom is -0.497 e. The van der Waals surface area contributed by atoms with E-state index in [1.165, 1.54) is 12.5 Å². The van der Waals surface area contributed by atoms with Crippen molar-refractivity contribution in [3.8, 4) is 17.0 Å². The maximum atomic E-state index is 15.1. The Morgan fingerprint density at radius 2 is 1.89 bits per heavy atom. The summed E-state index contributed by atoms with van der Waals surface area (Å²) in [6.45, 7) is 1.93. The zero-order valence-corrected chi connectivity index (χ0v) is 15.3. The Bertz CT molecular complexity index is 953. The molecule has 1 fully saturated rings. The van der Waals surface area contributed by atoms with Gasteiger partial charge in [0.15, 0.2) is 11.6 Å². The van der Waals surface area contributed by atoms with Gasteiger partial charge in [-0.15, -0.1) is 0 Å². The van der Waals surface area contributed by atoms with Crippen LogP contribution in [0.1, 0.15) is 10.4 Å². The summed E-state index contributed by atoms with van der Waals surface area (Å²) in [5, 5.41) is 6.44. The lowest BCUT2D eigenvalue weighted by atomic mass is 10.1. The molecule has 144 valence electrons. The lowest BCUT2D eigenvalue weighted by molar-refractivity contribution is 0.0746. The molecule has 1 amide bonds. The first-order valence-corrected chi connectivity index (χ1v) is 8.85. The fraction of sp³-hybridized carbons (Fsp3) is 0.263. The molecule has 0 atom stereocenters. The fourth-order valence-corrected chi connectivity index (χ4v) is 3.20. The number of aromatic amines is 1. The van der Waals surface area contributed by atoms with Crippen molar-refractivity contribution in [2.45, 2.75) is 0 Å². The Morgan fingerprint density at radius 1 is 1.14 bits per heavy atom. The molecular formula is C19H19FN6O2. The Morgan fingerprint density at radius 3 is 2.54 bits per heavy atom. The van der Waals surface area contributed by atoms with E-state index >= 15 is 4.39 Å². The number of halogens is 1. The van der Waals surface area contributed by atoms with Crippen LogP contribution in [0.4, 0.5) is 10.2 Å². The van der Waals surface area contributed by atoms with Crippen LogP contribution in [0.5, 0.6) is 5.75 Å². The smallest absolute Gasteiger partial charge is 0.257 e. The number of carbonyl (C=O) groups excluding carboxylic acids is 1. The molecule has 0 aliphatic carbocycles. The van der Waals surface area contributed by atoms with Gasteiger partial charge in [-0.3, -0.25) is 9.89 Å². The first kappa shape index (κ1) is 17.9. The highest BCUT2D eigenvalue weighted by molar-refractivity contribution is 5.93. The van der Waals surface area contributed by atoms with E-state index in [4.69, 9.17) is 4.74 Å². The second-order valence-electron chi connectivity index (χ2n) is 6.35. The van der Waals surface area contributed by atoms with Crippen molar-refractivity contribution in [2.75, 3.05) is 38.2 Å². The number of benzene rings is 1. The van der Waals surface area contributed by atoms with Crippen LogP contribution in [0.15, 0.2) is 43.0 Å². The number of nitrogens with one attached hydrogen (secondary N) is 1. The van der Waals surface area contributed by atoms with Crippen LogP contribution in [-0.4, -0.2) is 64.3 Å². The van der Waals surface area contributed by atoms with E-state index in [9.17, 15) is 4.79 Å². The third-order valence-electron chi connectivity index (χ3n) is 4.75. The van der Waals surface area contributed by atoms with Crippen LogP contribution in [0.2, 0.25) is 0 Å². The molecule has 3 aromatic rings. The molecule has 2 aromatic heterocycles. The van der Waals surface area contributed by atoms with E-state index in [1.807, 2.05) is 4.90 Å². The van der Waals surface area contributed by atoms with Crippen LogP contribution in [-0.2, 0) is 0 Å². The van der Waals surface area contributed by atoms with E-state index in [0.717, 1.165) is 0 Å². The molecule has 1 aromatic carbocycles. The number of hydrogen-bond acceptors (Lipinski definition) is 6. The first-order chi connectivity index (χ1) is 13.7. The highest BCUT2D eigenvalue weighted by Gasteiger charge is 2.26. The van der Waals surface area contributed by atoms with Gasteiger partial charge in [-0.25, -0.2) is 14.4 Å². The number of rotatable bonds is 4. The monoisotopic (exact) mass is 382 g/mol. The van der Waals surface area contributed by atoms with E-state index in [-0.39, 0.29) is 17.4 Å². The van der Waals surface area contributed by atoms with E-state index in [1.54, 1.807) is 42.5 Å². The van der Waals surface area contributed by atoms with Gasteiger partial charge in [-0.1, -0.05) is 0 Å². The van der Waals surface area contributed by atoms with Crippen LogP contribution >= 0.6 is 0 Å². The molecule has 1 aliphatic heterocycles. The lowest BCUT2D eigenvalue weighted by Gasteiger charge is -2.35. The molecule has 1 aliphatic rings. The van der Waals surface area contributed by atoms with Gasteiger partial charge in [0.1, 0.15) is 17.8 Å². The van der Waals surface area contributed by atoms with Crippen LogP contribution in [0.3, 0.4) is 0 Å². The van der Waals surface area contributed by atoms with E-state index in [2.05, 4.69) is 20.2 Å². The molecule has 8 nitrogen and oxygen atoms in total. The molecule has 0 spiro atoms. The topological polar surface area (TPSA) is 87.2 Å². The Balaban J connectivity index is 1.50. The quantitative estimate of drug-likeness (QED) is 0.742. The average molecular weight is 382 g/mol. The molecule has 28 heavy (non-hydrogen) atoms. The molecule has 1 saturated heterocycles. The number of anilines is 1. The number of hydrogen-bond donors (Lipinski definition) is 1. The van der Waals surface area contributed by atoms with Crippen molar-refractivity contribution in [1.82, 2.24) is 25.1 Å². The van der Waals surface area contributed by atoms with Crippen molar-refractivity contribution < 1.29 is 13.9 Å². The predicted molar refractivity (Wildman–Crippen MR) is 101 cm³/mol. The highest BCUT2D eigenvalue weighted by atomic mass is 19.1. The average Bonchev–Trinajstić information content (AvgIpc) is 3.29. The second kappa shape index (κ2) is 7.63. The number of ether oxygens (including phenoxy) is 1. The molecule has 0 unspecified atom stereocenters. The summed E-state index contributed by atoms with van der Waals surface area (Å²) in [6.07, 6.45) is 4.43. The Kier molecular flexibility index (Phi) is 4.88. The van der Waals surface area contributed by atoms with Gasteiger partial charge in [0.05, 0.1) is 18.9 Å². The summed E-state index contributed by atoms with van der Waals surface area (Å²) < 4.78 is 20.3. The third-order valence-corrected chi connectivity index (χ3v) is 4.75. The van der Waals surface area contributed by atoms with E-state index in [0.29, 0.717) is 43.1 Å². The van der Waals surface area contributed by atoms with Crippen LogP contribution < -0.4 is 9.64 Å². The fourth-order valence-electron chi connectivity index (χ4n) is 3.20. The molecule has 1 N–H and O–H groups in total. The molecule has 3 heterocycles. The van der Waals surface area contributed by atoms with Crippen LogP contribution in [0, 0.1) is 5.82 Å². The summed E-state index contributed by atoms with van der Waals surface area (Å²) >= 11 is 0. The van der Waals surface area contributed by atoms with E-state index < -0.39 is 5.82 Å². The number of H-pyrrole nitrogens is 1. The zero-order valence-electron chi connectivity index (χ0n) is 15.3. The standard InChI is InChI=1S/C19H19FN6O2/c1-28-15-4-2-13(3-5-15)17-16(20)18(22-12-21-17)25-6-8-26(9-7-25)19(27)14-10-23-24-11-14/h2-5,10-12H,6-9H2,1H3,(H,23,24). The molecule has 0 bridgehead atoms. The first-order valence-electron chi connectivity index (χ1n) is 8.85. The Labute approximate surface area is 161 Å². The lowest BCUT2D eigenvalue weighted by Crippen LogP contribution is -2.49. The molecular weight excluding hydrogens is 363 g/mol. The zero-order chi connectivity index (χ0) is 19.5. The normalized spacial score (nSPS) is 14.2. The van der Waals surface area contributed by atoms with Crippen molar-refractivity contribution in [1.29, 1.82) is 0 Å². The maximum absolute atomic E-state index is 15.1. The number of carbonyl (C=O) groups is 1. The summed E-state index contributed by atoms with van der Waals surface area (Å²) in [5.74, 6) is 0.380. The van der Waals surface area contributed by atoms with Gasteiger partial charge in [-0.2, -0.15) is 5.10 Å². The van der Waals surface area contributed by atoms with Gasteiger partial charge >= 0.3 is 0 Å². The molecule has 4 rings (SSSR count). The number of nitrogens with zero attached hydrogens (tertiary/aromatic N) is 5. The van der Waals surface area contributed by atoms with Gasteiger partial charge in [0.25, 0.3) is 5.91 Å². The van der Waals surface area contributed by atoms with Crippen molar-refractivity contribution in [3.63, 3.8) is 0 Å². The number of aromatic nitrogens is 4. The summed E-state index contributed by atoms with van der Waals surface area (Å²) in [5.41, 5.74) is 1.41.